The lowest BCUT2D eigenvalue weighted by atomic mass is 9.97. The van der Waals surface area contributed by atoms with E-state index in [2.05, 4.69) is 10.4 Å². The van der Waals surface area contributed by atoms with Gasteiger partial charge in [0.1, 0.15) is 5.82 Å². The summed E-state index contributed by atoms with van der Waals surface area (Å²) < 4.78 is 27.1. The molecule has 2 heterocycles. The predicted octanol–water partition coefficient (Wildman–Crippen LogP) is 2.59. The largest absolute Gasteiger partial charge is 0.311 e. The Bertz CT molecular complexity index is 888. The number of nitrogens with one attached hydrogen (secondary N) is 1. The maximum absolute atomic E-state index is 12.6. The zero-order chi connectivity index (χ0) is 19.4. The molecule has 0 saturated carbocycles. The van der Waals surface area contributed by atoms with Gasteiger partial charge in [0.15, 0.2) is 0 Å². The quantitative estimate of drug-likeness (QED) is 0.793. The number of halogens is 1. The van der Waals surface area contributed by atoms with Crippen molar-refractivity contribution in [3.05, 3.63) is 47.1 Å². The summed E-state index contributed by atoms with van der Waals surface area (Å²) in [5.74, 6) is 0.417. The topological polar surface area (TPSA) is 84.3 Å². The van der Waals surface area contributed by atoms with E-state index in [1.54, 1.807) is 23.9 Å². The molecular weight excluding hydrogens is 388 g/mol. The fourth-order valence-electron chi connectivity index (χ4n) is 3.13. The second-order valence-corrected chi connectivity index (χ2v) is 9.26. The van der Waals surface area contributed by atoms with Gasteiger partial charge in [-0.3, -0.25) is 4.79 Å². The minimum Gasteiger partial charge on any atom is -0.311 e. The van der Waals surface area contributed by atoms with Crippen molar-refractivity contribution >= 4 is 33.3 Å². The molecule has 1 fully saturated rings. The molecule has 1 aliphatic rings. The van der Waals surface area contributed by atoms with Gasteiger partial charge in [-0.15, -0.1) is 0 Å². The van der Waals surface area contributed by atoms with E-state index in [4.69, 9.17) is 11.6 Å². The number of benzene rings is 1. The Hall–Kier alpha value is -1.90. The molecule has 1 amide bonds. The lowest BCUT2D eigenvalue weighted by molar-refractivity contribution is -0.121. The van der Waals surface area contributed by atoms with E-state index in [1.807, 2.05) is 24.3 Å². The highest BCUT2D eigenvalue weighted by atomic mass is 35.5. The molecule has 3 rings (SSSR count). The van der Waals surface area contributed by atoms with Gasteiger partial charge in [0.05, 0.1) is 18.5 Å². The number of hydrogen-bond donors (Lipinski definition) is 1. The number of carbonyl (C=O) groups is 1. The highest BCUT2D eigenvalue weighted by Crippen LogP contribution is 2.22. The summed E-state index contributed by atoms with van der Waals surface area (Å²) in [6.45, 7) is 2.93. The molecule has 2 aromatic rings. The van der Waals surface area contributed by atoms with Gasteiger partial charge in [0, 0.05) is 30.1 Å². The number of anilines is 1. The van der Waals surface area contributed by atoms with Crippen LogP contribution in [-0.4, -0.2) is 47.3 Å². The van der Waals surface area contributed by atoms with Gasteiger partial charge in [0.2, 0.25) is 15.9 Å². The Morgan fingerprint density at radius 2 is 1.89 bits per heavy atom. The van der Waals surface area contributed by atoms with Crippen LogP contribution in [0.25, 0.3) is 0 Å². The first-order valence-electron chi connectivity index (χ1n) is 8.94. The van der Waals surface area contributed by atoms with Crippen LogP contribution in [0.2, 0.25) is 5.02 Å². The van der Waals surface area contributed by atoms with Crippen molar-refractivity contribution in [2.75, 3.05) is 24.2 Å². The van der Waals surface area contributed by atoms with Crippen molar-refractivity contribution in [3.8, 4) is 0 Å². The maximum Gasteiger partial charge on any atom is 0.228 e. The average Bonchev–Trinajstić information content (AvgIpc) is 3.10. The molecule has 0 spiro atoms. The second-order valence-electron chi connectivity index (χ2n) is 6.56. The molecule has 1 N–H and O–H groups in total. The number of hydrogen-bond acceptors (Lipinski definition) is 4. The lowest BCUT2D eigenvalue weighted by Crippen LogP contribution is -2.42. The molecule has 0 bridgehead atoms. The van der Waals surface area contributed by atoms with E-state index < -0.39 is 10.0 Å². The Labute approximate surface area is 164 Å². The number of carbonyl (C=O) groups excluding carboxylic acids is 1. The molecule has 27 heavy (non-hydrogen) atoms. The first-order valence-corrected chi connectivity index (χ1v) is 10.9. The summed E-state index contributed by atoms with van der Waals surface area (Å²) in [6, 6.07) is 9.22. The summed E-state index contributed by atoms with van der Waals surface area (Å²) in [5.41, 5.74) is 1.02. The number of aromatic nitrogens is 2. The molecule has 0 aliphatic carbocycles. The van der Waals surface area contributed by atoms with Crippen LogP contribution in [0.15, 0.2) is 36.5 Å². The Morgan fingerprint density at radius 3 is 2.52 bits per heavy atom. The zero-order valence-electron chi connectivity index (χ0n) is 15.1. The summed E-state index contributed by atoms with van der Waals surface area (Å²) in [7, 11) is -3.19. The van der Waals surface area contributed by atoms with Crippen LogP contribution in [0.3, 0.4) is 0 Å². The molecule has 1 aromatic carbocycles. The minimum absolute atomic E-state index is 0.0910. The van der Waals surface area contributed by atoms with Gasteiger partial charge in [-0.1, -0.05) is 23.7 Å². The van der Waals surface area contributed by atoms with Crippen LogP contribution in [0.4, 0.5) is 5.82 Å². The van der Waals surface area contributed by atoms with Gasteiger partial charge < -0.3 is 5.32 Å². The summed E-state index contributed by atoms with van der Waals surface area (Å²) >= 11 is 5.91. The van der Waals surface area contributed by atoms with Crippen molar-refractivity contribution < 1.29 is 13.2 Å². The molecular formula is C18H23ClN4O3S. The summed E-state index contributed by atoms with van der Waals surface area (Å²) in [5, 5.41) is 7.87. The normalized spacial score (nSPS) is 16.4. The third kappa shape index (κ3) is 4.88. The zero-order valence-corrected chi connectivity index (χ0v) is 16.7. The van der Waals surface area contributed by atoms with E-state index in [1.165, 1.54) is 4.31 Å². The van der Waals surface area contributed by atoms with Crippen LogP contribution in [-0.2, 0) is 21.4 Å². The van der Waals surface area contributed by atoms with E-state index in [0.717, 1.165) is 5.56 Å². The maximum atomic E-state index is 12.6. The minimum atomic E-state index is -3.19. The number of piperidine rings is 1. The highest BCUT2D eigenvalue weighted by Gasteiger charge is 2.30. The van der Waals surface area contributed by atoms with Crippen molar-refractivity contribution in [3.63, 3.8) is 0 Å². The van der Waals surface area contributed by atoms with Crippen LogP contribution < -0.4 is 5.32 Å². The van der Waals surface area contributed by atoms with Gasteiger partial charge in [-0.2, -0.15) is 5.10 Å². The fraction of sp³-hybridized carbons (Fsp3) is 0.444. The molecule has 9 heteroatoms. The second kappa shape index (κ2) is 8.41. The van der Waals surface area contributed by atoms with Crippen LogP contribution in [0, 0.1) is 5.92 Å². The molecule has 0 unspecified atom stereocenters. The molecule has 7 nitrogen and oxygen atoms in total. The van der Waals surface area contributed by atoms with E-state index in [-0.39, 0.29) is 17.6 Å². The summed E-state index contributed by atoms with van der Waals surface area (Å²) in [6.07, 6.45) is 2.69. The average molecular weight is 411 g/mol. The third-order valence-electron chi connectivity index (χ3n) is 4.80. The van der Waals surface area contributed by atoms with Crippen molar-refractivity contribution in [1.82, 2.24) is 14.1 Å². The van der Waals surface area contributed by atoms with E-state index in [9.17, 15) is 13.2 Å². The van der Waals surface area contributed by atoms with Crippen LogP contribution >= 0.6 is 11.6 Å². The fourth-order valence-corrected chi connectivity index (χ4v) is 4.39. The van der Waals surface area contributed by atoms with E-state index >= 15 is 0 Å². The van der Waals surface area contributed by atoms with Crippen LogP contribution in [0.1, 0.15) is 25.3 Å². The van der Waals surface area contributed by atoms with Crippen molar-refractivity contribution in [2.24, 2.45) is 5.92 Å². The Kier molecular flexibility index (Phi) is 6.18. The number of sulfonamides is 1. The van der Waals surface area contributed by atoms with Crippen molar-refractivity contribution in [1.29, 1.82) is 0 Å². The van der Waals surface area contributed by atoms with Crippen molar-refractivity contribution in [2.45, 2.75) is 26.3 Å². The highest BCUT2D eigenvalue weighted by molar-refractivity contribution is 7.89. The number of rotatable bonds is 6. The lowest BCUT2D eigenvalue weighted by Gasteiger charge is -2.30. The predicted molar refractivity (Wildman–Crippen MR) is 105 cm³/mol. The summed E-state index contributed by atoms with van der Waals surface area (Å²) in [4.78, 5) is 12.6. The van der Waals surface area contributed by atoms with E-state index in [0.29, 0.717) is 43.3 Å². The van der Waals surface area contributed by atoms with Crippen LogP contribution in [0.5, 0.6) is 0 Å². The third-order valence-corrected chi connectivity index (χ3v) is 6.93. The Morgan fingerprint density at radius 1 is 1.22 bits per heavy atom. The monoisotopic (exact) mass is 410 g/mol. The Balaban J connectivity index is 1.59. The smallest absolute Gasteiger partial charge is 0.228 e. The standard InChI is InChI=1S/C18H23ClN4O3S/c1-2-27(25,26)22-11-8-15(9-12-22)18(24)21-17-7-10-20-23(17)13-14-3-5-16(19)6-4-14/h3-7,10,15H,2,8-9,11-13H2,1H3,(H,21,24). The first kappa shape index (κ1) is 19.9. The molecule has 0 atom stereocenters. The molecule has 1 saturated heterocycles. The number of nitrogens with zero attached hydrogens (tertiary/aromatic N) is 3. The molecule has 1 aromatic heterocycles. The van der Waals surface area contributed by atoms with Gasteiger partial charge >= 0.3 is 0 Å². The SMILES string of the molecule is CCS(=O)(=O)N1CCC(C(=O)Nc2ccnn2Cc2ccc(Cl)cc2)CC1. The van der Waals surface area contributed by atoms with Gasteiger partial charge in [0.25, 0.3) is 0 Å². The van der Waals surface area contributed by atoms with Gasteiger partial charge in [-0.25, -0.2) is 17.4 Å². The van der Waals surface area contributed by atoms with Gasteiger partial charge in [-0.05, 0) is 37.5 Å². The number of amides is 1. The molecule has 146 valence electrons. The molecule has 0 radical (unpaired) electrons. The molecule has 1 aliphatic heterocycles. The first-order chi connectivity index (χ1) is 12.9.